The van der Waals surface area contributed by atoms with E-state index in [1.165, 1.54) is 10.6 Å². The summed E-state index contributed by atoms with van der Waals surface area (Å²) in [5.74, 6) is 0. The fourth-order valence-electron chi connectivity index (χ4n) is 3.45. The van der Waals surface area contributed by atoms with Crippen LogP contribution in [0.25, 0.3) is 0 Å². The van der Waals surface area contributed by atoms with E-state index in [4.69, 9.17) is 0 Å². The highest BCUT2D eigenvalue weighted by Crippen LogP contribution is 2.31. The molecule has 0 aliphatic carbocycles. The van der Waals surface area contributed by atoms with Crippen molar-refractivity contribution in [3.05, 3.63) is 65.9 Å². The zero-order valence-electron chi connectivity index (χ0n) is 18.6. The van der Waals surface area contributed by atoms with Crippen LogP contribution in [0.1, 0.15) is 44.4 Å². The summed E-state index contributed by atoms with van der Waals surface area (Å²) in [6, 6.07) is 17.1. The van der Waals surface area contributed by atoms with Gasteiger partial charge in [0.1, 0.15) is 16.9 Å². The lowest BCUT2D eigenvalue weighted by molar-refractivity contribution is -0.653. The molecular weight excluding hydrogens is 390 g/mol. The normalized spacial score (nSPS) is 12.3. The maximum Gasteiger partial charge on any atom is 0.410 e. The van der Waals surface area contributed by atoms with Gasteiger partial charge in [-0.2, -0.15) is 0 Å². The molecule has 0 spiro atoms. The second-order valence-corrected chi connectivity index (χ2v) is 8.34. The molecule has 0 radical (unpaired) electrons. The minimum absolute atomic E-state index is 0.293. The summed E-state index contributed by atoms with van der Waals surface area (Å²) in [4.78, 5) is 2.33. The van der Waals surface area contributed by atoms with Gasteiger partial charge in [0.25, 0.3) is 0 Å². The van der Waals surface area contributed by atoms with Gasteiger partial charge in [-0.1, -0.05) is 37.3 Å². The lowest BCUT2D eigenvalue weighted by Crippen LogP contribution is -2.26. The first kappa shape index (κ1) is 22.0. The molecule has 1 unspecified atom stereocenters. The van der Waals surface area contributed by atoms with Gasteiger partial charge in [-0.25, -0.2) is 4.57 Å². The number of nitrogens with zero attached hydrogens (tertiary/aromatic N) is 4. The summed E-state index contributed by atoms with van der Waals surface area (Å²) in [7, 11) is 2.02. The average molecular weight is 423 g/mol. The first-order valence-electron chi connectivity index (χ1n) is 10.6. The molecule has 0 saturated carbocycles. The molecule has 0 bridgehead atoms. The zero-order valence-corrected chi connectivity index (χ0v) is 19.4. The van der Waals surface area contributed by atoms with Crippen molar-refractivity contribution in [3.8, 4) is 0 Å². The number of hydrogen-bond donors (Lipinski definition) is 1. The molecule has 1 aromatic heterocycles. The van der Waals surface area contributed by atoms with Gasteiger partial charge in [0.2, 0.25) is 0 Å². The molecule has 0 fully saturated rings. The van der Waals surface area contributed by atoms with E-state index >= 15 is 0 Å². The number of azo groups is 1. The summed E-state index contributed by atoms with van der Waals surface area (Å²) in [6.07, 6.45) is 3.15. The Morgan fingerprint density at radius 3 is 2.40 bits per heavy atom. The first-order valence-corrected chi connectivity index (χ1v) is 11.5. The Hall–Kier alpha value is -2.73. The third-order valence-electron chi connectivity index (χ3n) is 5.27. The van der Waals surface area contributed by atoms with Crippen LogP contribution < -0.4 is 14.8 Å². The smallest absolute Gasteiger partial charge is 0.378 e. The van der Waals surface area contributed by atoms with Crippen molar-refractivity contribution in [2.24, 2.45) is 17.3 Å². The number of hydrogen-bond acceptors (Lipinski definition) is 5. The molecule has 0 saturated heterocycles. The number of rotatable bonds is 9. The van der Waals surface area contributed by atoms with Gasteiger partial charge in [-0.15, -0.1) is 0 Å². The number of aromatic nitrogens is 1. The monoisotopic (exact) mass is 422 g/mol. The van der Waals surface area contributed by atoms with Crippen LogP contribution in [-0.2, 0) is 7.05 Å². The molecule has 3 rings (SSSR count). The zero-order chi connectivity index (χ0) is 21.5. The summed E-state index contributed by atoms with van der Waals surface area (Å²) in [5.41, 5.74) is 4.41. The molecule has 0 amide bonds. The van der Waals surface area contributed by atoms with Crippen LogP contribution in [0.5, 0.6) is 0 Å². The van der Waals surface area contributed by atoms with Crippen molar-refractivity contribution in [1.82, 2.24) is 0 Å². The standard InChI is InChI=1S/C24H31N5S/c1-6-21(19-12-10-9-11-13-19)25-20-14-15-22(18(4)16-20)26-27-24-28(5)17-23(30-24)29(7-2)8-3/h9-17,21H,6-8H2,1-5H3/p+1. The summed E-state index contributed by atoms with van der Waals surface area (Å²) < 4.78 is 2.04. The SMILES string of the molecule is CCC(Nc1ccc(N=Nc2sc(N(CC)CC)c[n+]2C)c(C)c1)c1ccccc1. The molecule has 5 nitrogen and oxygen atoms in total. The number of thiazole rings is 1. The fraction of sp³-hybridized carbons (Fsp3) is 0.375. The Kier molecular flexibility index (Phi) is 7.57. The average Bonchev–Trinajstić information content (AvgIpc) is 3.13. The maximum atomic E-state index is 4.53. The number of anilines is 2. The van der Waals surface area contributed by atoms with Crippen LogP contribution in [0.3, 0.4) is 0 Å². The summed E-state index contributed by atoms with van der Waals surface area (Å²) >= 11 is 1.67. The molecule has 3 aromatic rings. The van der Waals surface area contributed by atoms with Crippen molar-refractivity contribution < 1.29 is 4.57 Å². The van der Waals surface area contributed by atoms with Gasteiger partial charge in [-0.3, -0.25) is 0 Å². The van der Waals surface area contributed by atoms with Gasteiger partial charge in [0.15, 0.2) is 0 Å². The summed E-state index contributed by atoms with van der Waals surface area (Å²) in [6.45, 7) is 10.6. The van der Waals surface area contributed by atoms with E-state index in [2.05, 4.69) is 96.8 Å². The van der Waals surface area contributed by atoms with Crippen LogP contribution in [-0.4, -0.2) is 13.1 Å². The Morgan fingerprint density at radius 2 is 1.77 bits per heavy atom. The van der Waals surface area contributed by atoms with Gasteiger partial charge in [-0.05, 0) is 73.0 Å². The van der Waals surface area contributed by atoms with E-state index in [0.29, 0.717) is 6.04 Å². The molecule has 2 aromatic carbocycles. The molecule has 1 N–H and O–H groups in total. The molecule has 1 atom stereocenters. The fourth-order valence-corrected chi connectivity index (χ4v) is 4.51. The lowest BCUT2D eigenvalue weighted by Gasteiger charge is -2.19. The predicted molar refractivity (Wildman–Crippen MR) is 128 cm³/mol. The van der Waals surface area contributed by atoms with Crippen LogP contribution in [0.15, 0.2) is 65.0 Å². The highest BCUT2D eigenvalue weighted by atomic mass is 32.1. The van der Waals surface area contributed by atoms with Gasteiger partial charge < -0.3 is 10.2 Å². The van der Waals surface area contributed by atoms with E-state index in [9.17, 15) is 0 Å². The summed E-state index contributed by atoms with van der Waals surface area (Å²) in [5, 5.41) is 14.8. The van der Waals surface area contributed by atoms with Crippen LogP contribution in [0.2, 0.25) is 0 Å². The minimum Gasteiger partial charge on any atom is -0.378 e. The minimum atomic E-state index is 0.293. The van der Waals surface area contributed by atoms with Crippen molar-refractivity contribution in [2.45, 2.75) is 40.2 Å². The van der Waals surface area contributed by atoms with Crippen LogP contribution in [0.4, 0.5) is 21.5 Å². The topological polar surface area (TPSA) is 43.9 Å². The van der Waals surface area contributed by atoms with E-state index in [1.54, 1.807) is 11.3 Å². The predicted octanol–water partition coefficient (Wildman–Crippen LogP) is 6.71. The Morgan fingerprint density at radius 1 is 1.03 bits per heavy atom. The highest BCUT2D eigenvalue weighted by Gasteiger charge is 2.17. The third-order valence-corrected chi connectivity index (χ3v) is 6.39. The van der Waals surface area contributed by atoms with E-state index in [-0.39, 0.29) is 0 Å². The molecule has 158 valence electrons. The lowest BCUT2D eigenvalue weighted by atomic mass is 10.0. The molecule has 0 aliphatic rings. The third kappa shape index (κ3) is 5.25. The second-order valence-electron chi connectivity index (χ2n) is 7.35. The number of aryl methyl sites for hydroxylation is 2. The quantitative estimate of drug-likeness (QED) is 0.308. The largest absolute Gasteiger partial charge is 0.410 e. The van der Waals surface area contributed by atoms with E-state index < -0.39 is 0 Å². The van der Waals surface area contributed by atoms with Gasteiger partial charge >= 0.3 is 5.13 Å². The maximum absolute atomic E-state index is 4.53. The highest BCUT2D eigenvalue weighted by molar-refractivity contribution is 7.18. The Bertz CT molecular complexity index is 977. The van der Waals surface area contributed by atoms with Gasteiger partial charge in [0, 0.05) is 18.8 Å². The van der Waals surface area contributed by atoms with Gasteiger partial charge in [0.05, 0.1) is 18.2 Å². The van der Waals surface area contributed by atoms with Crippen molar-refractivity contribution >= 4 is 32.8 Å². The first-order chi connectivity index (χ1) is 14.5. The molecule has 1 heterocycles. The van der Waals surface area contributed by atoms with E-state index in [0.717, 1.165) is 41.6 Å². The van der Waals surface area contributed by atoms with Crippen molar-refractivity contribution in [3.63, 3.8) is 0 Å². The van der Waals surface area contributed by atoms with Crippen molar-refractivity contribution in [1.29, 1.82) is 0 Å². The Balaban J connectivity index is 1.74. The van der Waals surface area contributed by atoms with Crippen LogP contribution in [0, 0.1) is 6.92 Å². The number of nitrogens with one attached hydrogen (secondary N) is 1. The molecule has 30 heavy (non-hydrogen) atoms. The molecule has 0 aliphatic heterocycles. The second kappa shape index (κ2) is 10.3. The van der Waals surface area contributed by atoms with E-state index in [1.807, 2.05) is 17.7 Å². The number of benzene rings is 2. The molecular formula is C24H32N5S+. The molecule has 6 heteroatoms. The van der Waals surface area contributed by atoms with Crippen LogP contribution >= 0.6 is 11.3 Å². The Labute approximate surface area is 184 Å². The van der Waals surface area contributed by atoms with Crippen molar-refractivity contribution in [2.75, 3.05) is 23.3 Å².